The number of hydrogen-bond donors (Lipinski definition) is 3. The summed E-state index contributed by atoms with van der Waals surface area (Å²) >= 11 is 0. The molecule has 1 fully saturated rings. The lowest BCUT2D eigenvalue weighted by Gasteiger charge is -2.10. The topological polar surface area (TPSA) is 106 Å². The van der Waals surface area contributed by atoms with E-state index in [1.54, 1.807) is 7.11 Å². The third kappa shape index (κ3) is 5.33. The summed E-state index contributed by atoms with van der Waals surface area (Å²) in [6, 6.07) is 0. The van der Waals surface area contributed by atoms with Crippen molar-refractivity contribution in [1.82, 2.24) is 10.7 Å². The number of nitrogens with one attached hydrogen (secondary N) is 2. The summed E-state index contributed by atoms with van der Waals surface area (Å²) in [5.41, 5.74) is 2.44. The minimum absolute atomic E-state index is 0.104. The van der Waals surface area contributed by atoms with Crippen LogP contribution in [-0.2, 0) is 14.6 Å². The van der Waals surface area contributed by atoms with Gasteiger partial charge in [-0.3, -0.25) is 10.4 Å². The van der Waals surface area contributed by atoms with Crippen molar-refractivity contribution in [1.29, 1.82) is 0 Å². The summed E-state index contributed by atoms with van der Waals surface area (Å²) in [7, 11) is -1.22. The van der Waals surface area contributed by atoms with Crippen LogP contribution in [-0.4, -0.2) is 52.7 Å². The van der Waals surface area contributed by atoms with Gasteiger partial charge in [0.2, 0.25) is 5.96 Å². The molecule has 0 aromatic rings. The normalized spacial score (nSPS) is 23.6. The zero-order valence-corrected chi connectivity index (χ0v) is 10.8. The van der Waals surface area contributed by atoms with E-state index in [9.17, 15) is 8.42 Å². The highest BCUT2D eigenvalue weighted by atomic mass is 32.2. The second-order valence-electron chi connectivity index (χ2n) is 4.02. The van der Waals surface area contributed by atoms with Gasteiger partial charge in [-0.1, -0.05) is 0 Å². The maximum Gasteiger partial charge on any atom is 0.205 e. The lowest BCUT2D eigenvalue weighted by molar-refractivity contribution is 0.203. The average Bonchev–Trinajstić information content (AvgIpc) is 2.63. The molecule has 0 amide bonds. The van der Waals surface area contributed by atoms with E-state index in [-0.39, 0.29) is 17.4 Å². The fourth-order valence-corrected chi connectivity index (χ4v) is 3.51. The van der Waals surface area contributed by atoms with Crippen LogP contribution < -0.4 is 16.6 Å². The second-order valence-corrected chi connectivity index (χ2v) is 6.25. The Morgan fingerprint density at radius 3 is 2.88 bits per heavy atom. The molecule has 8 heteroatoms. The molecule has 0 saturated carbocycles. The molecule has 0 radical (unpaired) electrons. The Morgan fingerprint density at radius 2 is 2.35 bits per heavy atom. The molecule has 1 heterocycles. The van der Waals surface area contributed by atoms with Crippen molar-refractivity contribution in [2.24, 2.45) is 16.8 Å². The molecule has 100 valence electrons. The minimum Gasteiger partial charge on any atom is -0.383 e. The van der Waals surface area contributed by atoms with Crippen LogP contribution in [0.25, 0.3) is 0 Å². The molecule has 1 aliphatic heterocycles. The summed E-state index contributed by atoms with van der Waals surface area (Å²) in [6.45, 7) is 1.62. The van der Waals surface area contributed by atoms with Crippen molar-refractivity contribution in [3.63, 3.8) is 0 Å². The van der Waals surface area contributed by atoms with Crippen molar-refractivity contribution in [3.8, 4) is 0 Å². The molecule has 1 saturated heterocycles. The first-order valence-corrected chi connectivity index (χ1v) is 7.34. The molecule has 1 rings (SSSR count). The van der Waals surface area contributed by atoms with Crippen LogP contribution in [0.15, 0.2) is 4.99 Å². The number of nitrogens with zero attached hydrogens (tertiary/aromatic N) is 1. The maximum atomic E-state index is 11.2. The van der Waals surface area contributed by atoms with Crippen molar-refractivity contribution in [3.05, 3.63) is 0 Å². The highest BCUT2D eigenvalue weighted by molar-refractivity contribution is 7.91. The predicted octanol–water partition coefficient (Wildman–Crippen LogP) is -1.52. The maximum absolute atomic E-state index is 11.2. The zero-order chi connectivity index (χ0) is 12.7. The van der Waals surface area contributed by atoms with Crippen molar-refractivity contribution < 1.29 is 13.2 Å². The second kappa shape index (κ2) is 6.77. The molecular weight excluding hydrogens is 244 g/mol. The summed E-state index contributed by atoms with van der Waals surface area (Å²) in [5.74, 6) is 6.36. The van der Waals surface area contributed by atoms with Gasteiger partial charge in [0, 0.05) is 20.2 Å². The fraction of sp³-hybridized carbons (Fsp3) is 0.889. The summed E-state index contributed by atoms with van der Waals surface area (Å²) in [4.78, 5) is 4.21. The number of ether oxygens (including phenoxy) is 1. The molecule has 17 heavy (non-hydrogen) atoms. The largest absolute Gasteiger partial charge is 0.383 e. The predicted molar refractivity (Wildman–Crippen MR) is 66.3 cm³/mol. The summed E-state index contributed by atoms with van der Waals surface area (Å²) in [5, 5.41) is 2.95. The minimum atomic E-state index is -2.83. The van der Waals surface area contributed by atoms with E-state index in [0.29, 0.717) is 32.1 Å². The van der Waals surface area contributed by atoms with Crippen LogP contribution >= 0.6 is 0 Å². The first-order valence-electron chi connectivity index (χ1n) is 5.51. The van der Waals surface area contributed by atoms with Gasteiger partial charge in [0.15, 0.2) is 9.84 Å². The highest BCUT2D eigenvalue weighted by Gasteiger charge is 2.27. The molecule has 0 bridgehead atoms. The molecule has 1 unspecified atom stereocenters. The van der Waals surface area contributed by atoms with Gasteiger partial charge in [-0.05, 0) is 12.3 Å². The number of nitrogens with two attached hydrogens (primary N) is 1. The van der Waals surface area contributed by atoms with E-state index < -0.39 is 9.84 Å². The Balaban J connectivity index is 2.34. The van der Waals surface area contributed by atoms with Gasteiger partial charge < -0.3 is 10.1 Å². The van der Waals surface area contributed by atoms with E-state index in [0.717, 1.165) is 0 Å². The van der Waals surface area contributed by atoms with E-state index in [2.05, 4.69) is 15.7 Å². The summed E-state index contributed by atoms with van der Waals surface area (Å²) < 4.78 is 27.4. The zero-order valence-electron chi connectivity index (χ0n) is 9.98. The molecule has 1 aliphatic rings. The average molecular weight is 264 g/mol. The standard InChI is InChI=1S/C9H20N4O3S/c1-16-4-3-11-9(13-10)12-6-8-2-5-17(14,15)7-8/h8H,2-7,10H2,1H3,(H2,11,12,13). The van der Waals surface area contributed by atoms with Gasteiger partial charge in [-0.25, -0.2) is 14.3 Å². The molecule has 0 aromatic carbocycles. The van der Waals surface area contributed by atoms with E-state index in [1.165, 1.54) is 0 Å². The van der Waals surface area contributed by atoms with E-state index in [4.69, 9.17) is 10.6 Å². The van der Waals surface area contributed by atoms with Gasteiger partial charge in [0.25, 0.3) is 0 Å². The lowest BCUT2D eigenvalue weighted by atomic mass is 10.1. The molecule has 7 nitrogen and oxygen atoms in total. The van der Waals surface area contributed by atoms with Gasteiger partial charge >= 0.3 is 0 Å². The molecular formula is C9H20N4O3S. The third-order valence-electron chi connectivity index (χ3n) is 2.57. The van der Waals surface area contributed by atoms with Gasteiger partial charge in [0.1, 0.15) is 0 Å². The van der Waals surface area contributed by atoms with Gasteiger partial charge in [-0.2, -0.15) is 0 Å². The Bertz CT molecular complexity index is 355. The number of hydrazine groups is 1. The quantitative estimate of drug-likeness (QED) is 0.183. The molecule has 0 aliphatic carbocycles. The fourth-order valence-electron chi connectivity index (χ4n) is 1.66. The summed E-state index contributed by atoms with van der Waals surface area (Å²) in [6.07, 6.45) is 0.682. The van der Waals surface area contributed by atoms with Crippen LogP contribution in [0.4, 0.5) is 0 Å². The molecule has 4 N–H and O–H groups in total. The highest BCUT2D eigenvalue weighted by Crippen LogP contribution is 2.18. The Kier molecular flexibility index (Phi) is 5.66. The molecule has 1 atom stereocenters. The van der Waals surface area contributed by atoms with Crippen molar-refractivity contribution in [2.45, 2.75) is 6.42 Å². The van der Waals surface area contributed by atoms with Gasteiger partial charge in [0.05, 0.1) is 18.1 Å². The van der Waals surface area contributed by atoms with Crippen LogP contribution in [0, 0.1) is 5.92 Å². The molecule has 0 aromatic heterocycles. The Hall–Kier alpha value is -0.860. The van der Waals surface area contributed by atoms with Crippen LogP contribution in [0.1, 0.15) is 6.42 Å². The Labute approximate surface area is 102 Å². The smallest absolute Gasteiger partial charge is 0.205 e. The van der Waals surface area contributed by atoms with Gasteiger partial charge in [-0.15, -0.1) is 0 Å². The van der Waals surface area contributed by atoms with Crippen LogP contribution in [0.2, 0.25) is 0 Å². The number of aliphatic imine (C=N–C) groups is 1. The van der Waals surface area contributed by atoms with Crippen molar-refractivity contribution in [2.75, 3.05) is 38.3 Å². The van der Waals surface area contributed by atoms with Crippen LogP contribution in [0.3, 0.4) is 0 Å². The SMILES string of the molecule is COCCNC(=NCC1CCS(=O)(=O)C1)NN. The van der Waals surface area contributed by atoms with Crippen molar-refractivity contribution >= 4 is 15.8 Å². The first-order chi connectivity index (χ1) is 8.07. The first kappa shape index (κ1) is 14.2. The molecule has 0 spiro atoms. The van der Waals surface area contributed by atoms with E-state index in [1.807, 2.05) is 0 Å². The number of guanidine groups is 1. The number of rotatable bonds is 5. The van der Waals surface area contributed by atoms with E-state index >= 15 is 0 Å². The number of hydrogen-bond acceptors (Lipinski definition) is 5. The number of methoxy groups -OCH3 is 1. The monoisotopic (exact) mass is 264 g/mol. The lowest BCUT2D eigenvalue weighted by Crippen LogP contribution is -2.43. The van der Waals surface area contributed by atoms with Crippen LogP contribution in [0.5, 0.6) is 0 Å². The Morgan fingerprint density at radius 1 is 1.59 bits per heavy atom. The third-order valence-corrected chi connectivity index (χ3v) is 4.41. The number of sulfone groups is 1.